The molecule has 0 saturated carbocycles. The number of benzene rings is 1. The Hall–Kier alpha value is -2.57. The van der Waals surface area contributed by atoms with Crippen LogP contribution in [0, 0.1) is 0 Å². The van der Waals surface area contributed by atoms with Crippen LogP contribution in [-0.2, 0) is 20.9 Å². The van der Waals surface area contributed by atoms with Gasteiger partial charge in [-0.15, -0.1) is 0 Å². The van der Waals surface area contributed by atoms with Gasteiger partial charge in [-0.1, -0.05) is 30.3 Å². The average Bonchev–Trinajstić information content (AvgIpc) is 3.03. The highest BCUT2D eigenvalue weighted by Gasteiger charge is 2.46. The predicted molar refractivity (Wildman–Crippen MR) is 92.7 cm³/mol. The second kappa shape index (κ2) is 9.05. The molecule has 136 valence electrons. The number of ether oxygens (including phenoxy) is 1. The number of carbonyl (C=O) groups is 3. The minimum atomic E-state index is -0.897. The maximum Gasteiger partial charge on any atom is 0.410 e. The Kier molecular flexibility index (Phi) is 6.80. The fraction of sp³-hybridized carbons (Fsp3) is 0.500. The molecule has 1 unspecified atom stereocenters. The number of likely N-dealkylation sites (tertiary alicyclic amines) is 1. The highest BCUT2D eigenvalue weighted by atomic mass is 16.6. The number of carbonyl (C=O) groups excluding carboxylic acids is 3. The smallest absolute Gasteiger partial charge is 0.410 e. The third kappa shape index (κ3) is 4.95. The van der Waals surface area contributed by atoms with Gasteiger partial charge in [0.25, 0.3) is 0 Å². The molecule has 25 heavy (non-hydrogen) atoms. The molecule has 2 rings (SSSR count). The summed E-state index contributed by atoms with van der Waals surface area (Å²) in [5.41, 5.74) is 0.00940. The first-order valence-electron chi connectivity index (χ1n) is 8.51. The molecule has 1 aromatic carbocycles. The fourth-order valence-electron chi connectivity index (χ4n) is 2.93. The van der Waals surface area contributed by atoms with E-state index in [0.717, 1.165) is 12.0 Å². The van der Waals surface area contributed by atoms with E-state index in [9.17, 15) is 14.4 Å². The number of amides is 3. The first-order valence-corrected chi connectivity index (χ1v) is 8.51. The summed E-state index contributed by atoms with van der Waals surface area (Å²) >= 11 is 0. The van der Waals surface area contributed by atoms with E-state index in [1.807, 2.05) is 30.3 Å². The monoisotopic (exact) mass is 347 g/mol. The maximum atomic E-state index is 12.5. The zero-order chi connectivity index (χ0) is 18.1. The second-order valence-electron chi connectivity index (χ2n) is 6.25. The summed E-state index contributed by atoms with van der Waals surface area (Å²) in [4.78, 5) is 36.7. The van der Waals surface area contributed by atoms with E-state index in [1.165, 1.54) is 4.90 Å². The molecule has 1 atom stereocenters. The molecule has 2 N–H and O–H groups in total. The van der Waals surface area contributed by atoms with Crippen LogP contribution >= 0.6 is 0 Å². The molecule has 1 heterocycles. The van der Waals surface area contributed by atoms with Crippen LogP contribution in [0.15, 0.2) is 30.3 Å². The molecule has 3 amide bonds. The van der Waals surface area contributed by atoms with Crippen LogP contribution < -0.4 is 10.6 Å². The van der Waals surface area contributed by atoms with Crippen molar-refractivity contribution < 1.29 is 19.1 Å². The van der Waals surface area contributed by atoms with Crippen LogP contribution in [0.4, 0.5) is 4.79 Å². The van der Waals surface area contributed by atoms with E-state index < -0.39 is 11.6 Å². The molecule has 0 spiro atoms. The van der Waals surface area contributed by atoms with Crippen molar-refractivity contribution in [1.82, 2.24) is 15.5 Å². The maximum absolute atomic E-state index is 12.5. The Morgan fingerprint density at radius 2 is 2.04 bits per heavy atom. The Morgan fingerprint density at radius 3 is 2.76 bits per heavy atom. The lowest BCUT2D eigenvalue weighted by atomic mass is 9.98. The van der Waals surface area contributed by atoms with E-state index >= 15 is 0 Å². The van der Waals surface area contributed by atoms with Crippen LogP contribution in [0.3, 0.4) is 0 Å². The van der Waals surface area contributed by atoms with E-state index in [1.54, 1.807) is 6.92 Å². The van der Waals surface area contributed by atoms with Gasteiger partial charge in [0.05, 0.1) is 0 Å². The van der Waals surface area contributed by atoms with Gasteiger partial charge >= 0.3 is 6.09 Å². The van der Waals surface area contributed by atoms with Crippen molar-refractivity contribution >= 4 is 18.4 Å². The summed E-state index contributed by atoms with van der Waals surface area (Å²) in [6.45, 7) is 3.41. The molecule has 7 heteroatoms. The minimum absolute atomic E-state index is 0.186. The fourth-order valence-corrected chi connectivity index (χ4v) is 2.93. The van der Waals surface area contributed by atoms with E-state index in [-0.39, 0.29) is 12.5 Å². The van der Waals surface area contributed by atoms with E-state index in [4.69, 9.17) is 4.74 Å². The number of nitrogens with one attached hydrogen (secondary N) is 2. The quantitative estimate of drug-likeness (QED) is 0.550. The molecule has 7 nitrogen and oxygen atoms in total. The SMILES string of the molecule is CC1(C(=O)NCCCNC=O)CCCN1C(=O)OCc1ccccc1. The molecule has 0 aliphatic carbocycles. The minimum Gasteiger partial charge on any atom is -0.445 e. The van der Waals surface area contributed by atoms with E-state index in [0.29, 0.717) is 38.9 Å². The number of hydrogen-bond acceptors (Lipinski definition) is 4. The van der Waals surface area contributed by atoms with Gasteiger partial charge in [0.15, 0.2) is 0 Å². The van der Waals surface area contributed by atoms with Crippen LogP contribution in [0.2, 0.25) is 0 Å². The summed E-state index contributed by atoms with van der Waals surface area (Å²) in [6.07, 6.45) is 2.16. The van der Waals surface area contributed by atoms with Gasteiger partial charge in [-0.2, -0.15) is 0 Å². The topological polar surface area (TPSA) is 87.7 Å². The molecule has 1 saturated heterocycles. The standard InChI is InChI=1S/C18H25N3O4/c1-18(16(23)20-11-6-10-19-14-22)9-5-12-21(18)17(24)25-13-15-7-3-2-4-8-15/h2-4,7-8,14H,5-6,9-13H2,1H3,(H,19,22)(H,20,23). The van der Waals surface area contributed by atoms with E-state index in [2.05, 4.69) is 10.6 Å². The van der Waals surface area contributed by atoms with Gasteiger partial charge in [0.2, 0.25) is 12.3 Å². The third-order valence-corrected chi connectivity index (χ3v) is 4.42. The van der Waals surface area contributed by atoms with Gasteiger partial charge < -0.3 is 15.4 Å². The Labute approximate surface area is 147 Å². The summed E-state index contributed by atoms with van der Waals surface area (Å²) in [5, 5.41) is 5.38. The second-order valence-corrected chi connectivity index (χ2v) is 6.25. The van der Waals surface area contributed by atoms with Crippen molar-refractivity contribution in [1.29, 1.82) is 0 Å². The van der Waals surface area contributed by atoms with Crippen LogP contribution in [0.1, 0.15) is 31.7 Å². The summed E-state index contributed by atoms with van der Waals surface area (Å²) < 4.78 is 5.37. The molecule has 1 fully saturated rings. The van der Waals surface area contributed by atoms with Gasteiger partial charge in [0, 0.05) is 19.6 Å². The third-order valence-electron chi connectivity index (χ3n) is 4.42. The Bertz CT molecular complexity index is 593. The number of rotatable bonds is 8. The van der Waals surface area contributed by atoms with Crippen LogP contribution in [-0.4, -0.2) is 48.5 Å². The molecule has 0 radical (unpaired) electrons. The first kappa shape index (κ1) is 18.8. The van der Waals surface area contributed by atoms with Crippen LogP contribution in [0.25, 0.3) is 0 Å². The van der Waals surface area contributed by atoms with Gasteiger partial charge in [-0.25, -0.2) is 4.79 Å². The highest BCUT2D eigenvalue weighted by Crippen LogP contribution is 2.30. The zero-order valence-corrected chi connectivity index (χ0v) is 14.5. The first-order chi connectivity index (χ1) is 12.1. The van der Waals surface area contributed by atoms with Gasteiger partial charge in [-0.05, 0) is 31.7 Å². The van der Waals surface area contributed by atoms with Crippen molar-refractivity contribution in [3.05, 3.63) is 35.9 Å². The Morgan fingerprint density at radius 1 is 1.28 bits per heavy atom. The summed E-state index contributed by atoms with van der Waals surface area (Å²) in [5.74, 6) is -0.187. The summed E-state index contributed by atoms with van der Waals surface area (Å²) in [7, 11) is 0. The molecular weight excluding hydrogens is 322 g/mol. The molecule has 0 bridgehead atoms. The lowest BCUT2D eigenvalue weighted by Gasteiger charge is -2.33. The normalized spacial score (nSPS) is 19.3. The van der Waals surface area contributed by atoms with Crippen molar-refractivity contribution in [2.45, 2.75) is 38.3 Å². The molecule has 1 aromatic rings. The largest absolute Gasteiger partial charge is 0.445 e. The Balaban J connectivity index is 1.87. The highest BCUT2D eigenvalue weighted by molar-refractivity contribution is 5.90. The number of hydrogen-bond donors (Lipinski definition) is 2. The van der Waals surface area contributed by atoms with Crippen molar-refractivity contribution in [2.24, 2.45) is 0 Å². The molecule has 0 aromatic heterocycles. The lowest BCUT2D eigenvalue weighted by Crippen LogP contribution is -2.55. The van der Waals surface area contributed by atoms with Crippen molar-refractivity contribution in [3.8, 4) is 0 Å². The molecule has 1 aliphatic rings. The summed E-state index contributed by atoms with van der Waals surface area (Å²) in [6, 6.07) is 9.44. The van der Waals surface area contributed by atoms with Gasteiger partial charge in [0.1, 0.15) is 12.1 Å². The van der Waals surface area contributed by atoms with Crippen LogP contribution in [0.5, 0.6) is 0 Å². The average molecular weight is 347 g/mol. The molecular formula is C18H25N3O4. The lowest BCUT2D eigenvalue weighted by molar-refractivity contribution is -0.130. The zero-order valence-electron chi connectivity index (χ0n) is 14.5. The predicted octanol–water partition coefficient (Wildman–Crippen LogP) is 1.43. The van der Waals surface area contributed by atoms with Gasteiger partial charge in [-0.3, -0.25) is 14.5 Å². The van der Waals surface area contributed by atoms with Crippen molar-refractivity contribution in [2.75, 3.05) is 19.6 Å². The number of nitrogens with zero attached hydrogens (tertiary/aromatic N) is 1. The molecule has 1 aliphatic heterocycles. The van der Waals surface area contributed by atoms with Crippen molar-refractivity contribution in [3.63, 3.8) is 0 Å².